The van der Waals surface area contributed by atoms with Gasteiger partial charge in [-0.3, -0.25) is 0 Å². The number of aromatic nitrogens is 2. The third-order valence-electron chi connectivity index (χ3n) is 13.9. The molecule has 1 spiro atoms. The van der Waals surface area contributed by atoms with Gasteiger partial charge in [0.15, 0.2) is 17.1 Å². The number of hydrogen-bond acceptors (Lipinski definition) is 4. The lowest BCUT2D eigenvalue weighted by molar-refractivity contribution is 0.525. The van der Waals surface area contributed by atoms with Crippen LogP contribution in [0.25, 0.3) is 88.4 Å². The standard InChI is InChI=1S/C57H33N3O3/c1-2-13-34(14-3-1)58-46-20-8-4-16-37(46)41-32-45-52(33-51(41)58)59(49-22-10-7-19-42(49)57(45)43-27-29-61-55(43)56-44(57)28-30-62-56)35-25-26-48-40(31-35)36-15-5-9-21-47(36)60(48)50-23-12-18-39-38-17-6-11-24-53(38)63-54(39)50/h1-33H. The van der Waals surface area contributed by atoms with Crippen molar-refractivity contribution in [3.63, 3.8) is 0 Å². The number of fused-ring (bicyclic) bond motifs is 18. The van der Waals surface area contributed by atoms with Crippen LogP contribution in [0, 0.1) is 0 Å². The molecule has 0 bridgehead atoms. The SMILES string of the molecule is c1ccc(-n2c3ccccc3c3cc4c(cc32)N(c2ccc3c(c2)c2ccccc2n3-c2cccc3c2oc2ccccc23)c2ccccc2C42c3ccoc3-c3occc32)cc1. The van der Waals surface area contributed by atoms with Gasteiger partial charge in [-0.25, -0.2) is 0 Å². The van der Waals surface area contributed by atoms with E-state index in [0.29, 0.717) is 0 Å². The molecular weight excluding hydrogens is 775 g/mol. The Morgan fingerprint density at radius 1 is 0.349 bits per heavy atom. The summed E-state index contributed by atoms with van der Waals surface area (Å²) in [6, 6.07) is 68.0. The maximum Gasteiger partial charge on any atom is 0.174 e. The topological polar surface area (TPSA) is 52.5 Å². The Kier molecular flexibility index (Phi) is 6.27. The zero-order chi connectivity index (χ0) is 41.0. The van der Waals surface area contributed by atoms with Crippen molar-refractivity contribution in [2.45, 2.75) is 5.41 Å². The van der Waals surface area contributed by atoms with Crippen LogP contribution in [0.2, 0.25) is 0 Å². The maximum atomic E-state index is 6.64. The van der Waals surface area contributed by atoms with Crippen molar-refractivity contribution < 1.29 is 13.3 Å². The highest BCUT2D eigenvalue weighted by Gasteiger charge is 2.55. The number of para-hydroxylation sites is 6. The Bertz CT molecular complexity index is 4020. The average molecular weight is 808 g/mol. The van der Waals surface area contributed by atoms with Crippen LogP contribution in [0.1, 0.15) is 22.3 Å². The number of hydrogen-bond donors (Lipinski definition) is 0. The lowest BCUT2D eigenvalue weighted by Gasteiger charge is -2.44. The molecule has 1 aliphatic carbocycles. The highest BCUT2D eigenvalue weighted by atomic mass is 16.4. The first-order chi connectivity index (χ1) is 31.3. The Morgan fingerprint density at radius 2 is 0.968 bits per heavy atom. The highest BCUT2D eigenvalue weighted by molar-refractivity contribution is 6.15. The smallest absolute Gasteiger partial charge is 0.174 e. The fourth-order valence-electron chi connectivity index (χ4n) is 11.4. The predicted octanol–water partition coefficient (Wildman–Crippen LogP) is 15.1. The molecule has 0 fully saturated rings. The summed E-state index contributed by atoms with van der Waals surface area (Å²) >= 11 is 0. The van der Waals surface area contributed by atoms with Crippen molar-refractivity contribution in [1.29, 1.82) is 0 Å². The van der Waals surface area contributed by atoms with Gasteiger partial charge in [0.1, 0.15) is 5.58 Å². The van der Waals surface area contributed by atoms with Gasteiger partial charge >= 0.3 is 0 Å². The van der Waals surface area contributed by atoms with Gasteiger partial charge in [0.05, 0.1) is 57.1 Å². The minimum Gasteiger partial charge on any atom is -0.461 e. The molecule has 6 heteroatoms. The first-order valence-corrected chi connectivity index (χ1v) is 21.4. The fraction of sp³-hybridized carbons (Fsp3) is 0.0175. The molecule has 0 amide bonds. The normalized spacial score (nSPS) is 13.8. The van der Waals surface area contributed by atoms with Gasteiger partial charge < -0.3 is 27.3 Å². The molecule has 15 rings (SSSR count). The molecule has 0 radical (unpaired) electrons. The van der Waals surface area contributed by atoms with Gasteiger partial charge in [-0.1, -0.05) is 103 Å². The lowest BCUT2D eigenvalue weighted by Crippen LogP contribution is -2.35. The number of nitrogens with zero attached hydrogens (tertiary/aromatic N) is 3. The van der Waals surface area contributed by atoms with Crippen LogP contribution in [0.3, 0.4) is 0 Å². The highest BCUT2D eigenvalue weighted by Crippen LogP contribution is 2.64. The van der Waals surface area contributed by atoms with Crippen molar-refractivity contribution in [3.05, 3.63) is 223 Å². The van der Waals surface area contributed by atoms with Crippen LogP contribution >= 0.6 is 0 Å². The molecule has 0 unspecified atom stereocenters. The van der Waals surface area contributed by atoms with E-state index in [-0.39, 0.29) is 0 Å². The van der Waals surface area contributed by atoms with Crippen LogP contribution in [-0.2, 0) is 5.41 Å². The minimum atomic E-state index is -0.692. The Balaban J connectivity index is 1.05. The Hall–Kier alpha value is -8.48. The maximum absolute atomic E-state index is 6.64. The molecule has 2 aliphatic rings. The molecule has 0 saturated heterocycles. The number of benzene rings is 8. The van der Waals surface area contributed by atoms with Crippen molar-refractivity contribution in [1.82, 2.24) is 9.13 Å². The first kappa shape index (κ1) is 33.3. The van der Waals surface area contributed by atoms with E-state index in [4.69, 9.17) is 13.3 Å². The van der Waals surface area contributed by atoms with Gasteiger partial charge in [-0.05, 0) is 96.1 Å². The molecule has 6 nitrogen and oxygen atoms in total. The summed E-state index contributed by atoms with van der Waals surface area (Å²) in [4.78, 5) is 2.48. The molecule has 294 valence electrons. The second kappa shape index (κ2) is 11.9. The molecule has 0 N–H and O–H groups in total. The fourth-order valence-corrected chi connectivity index (χ4v) is 11.4. The number of furan rings is 3. The largest absolute Gasteiger partial charge is 0.461 e. The Morgan fingerprint density at radius 3 is 1.76 bits per heavy atom. The van der Waals surface area contributed by atoms with Gasteiger partial charge in [-0.15, -0.1) is 0 Å². The lowest BCUT2D eigenvalue weighted by atomic mass is 9.65. The van der Waals surface area contributed by atoms with Gasteiger partial charge in [0.25, 0.3) is 0 Å². The van der Waals surface area contributed by atoms with Crippen molar-refractivity contribution in [2.75, 3.05) is 4.90 Å². The van der Waals surface area contributed by atoms with Crippen LogP contribution in [0.15, 0.2) is 214 Å². The number of rotatable bonds is 3. The molecule has 5 aromatic heterocycles. The Labute approximate surface area is 359 Å². The summed E-state index contributed by atoms with van der Waals surface area (Å²) in [5.41, 5.74) is 15.5. The quantitative estimate of drug-likeness (QED) is 0.178. The third kappa shape index (κ3) is 4.08. The van der Waals surface area contributed by atoms with Crippen molar-refractivity contribution >= 4 is 82.6 Å². The summed E-state index contributed by atoms with van der Waals surface area (Å²) in [6.07, 6.45) is 3.61. The second-order valence-corrected chi connectivity index (χ2v) is 16.8. The molecule has 6 heterocycles. The minimum absolute atomic E-state index is 0.692. The first-order valence-electron chi connectivity index (χ1n) is 21.4. The third-order valence-corrected chi connectivity index (χ3v) is 13.9. The molecule has 0 saturated carbocycles. The van der Waals surface area contributed by atoms with Crippen molar-refractivity contribution in [3.8, 4) is 22.9 Å². The summed E-state index contributed by atoms with van der Waals surface area (Å²) in [6.45, 7) is 0. The average Bonchev–Trinajstić information content (AvgIpc) is 4.20. The van der Waals surface area contributed by atoms with E-state index in [1.165, 1.54) is 27.3 Å². The zero-order valence-corrected chi connectivity index (χ0v) is 33.6. The van der Waals surface area contributed by atoms with Crippen LogP contribution in [-0.4, -0.2) is 9.13 Å². The van der Waals surface area contributed by atoms with E-state index in [9.17, 15) is 0 Å². The van der Waals surface area contributed by atoms with Crippen molar-refractivity contribution in [2.24, 2.45) is 0 Å². The van der Waals surface area contributed by atoms with E-state index in [0.717, 1.165) is 100 Å². The van der Waals surface area contributed by atoms with E-state index >= 15 is 0 Å². The summed E-state index contributed by atoms with van der Waals surface area (Å²) in [7, 11) is 0. The van der Waals surface area contributed by atoms with E-state index in [2.05, 4.69) is 196 Å². The van der Waals surface area contributed by atoms with E-state index < -0.39 is 5.41 Å². The molecule has 0 atom stereocenters. The number of anilines is 3. The monoisotopic (exact) mass is 807 g/mol. The summed E-state index contributed by atoms with van der Waals surface area (Å²) < 4.78 is 24.0. The van der Waals surface area contributed by atoms with E-state index in [1.54, 1.807) is 0 Å². The summed E-state index contributed by atoms with van der Waals surface area (Å²) in [5.74, 6) is 1.56. The predicted molar refractivity (Wildman–Crippen MR) is 252 cm³/mol. The van der Waals surface area contributed by atoms with Gasteiger partial charge in [-0.2, -0.15) is 0 Å². The van der Waals surface area contributed by atoms with Gasteiger partial charge in [0.2, 0.25) is 0 Å². The summed E-state index contributed by atoms with van der Waals surface area (Å²) in [5, 5.41) is 6.94. The molecule has 8 aromatic carbocycles. The van der Waals surface area contributed by atoms with Crippen LogP contribution in [0.5, 0.6) is 0 Å². The molecule has 1 aliphatic heterocycles. The van der Waals surface area contributed by atoms with Crippen LogP contribution in [0.4, 0.5) is 17.1 Å². The van der Waals surface area contributed by atoms with E-state index in [1.807, 2.05) is 18.6 Å². The van der Waals surface area contributed by atoms with Crippen LogP contribution < -0.4 is 4.90 Å². The molecular formula is C57H33N3O3. The zero-order valence-electron chi connectivity index (χ0n) is 33.6. The molecule has 13 aromatic rings. The second-order valence-electron chi connectivity index (χ2n) is 16.8. The van der Waals surface area contributed by atoms with Gasteiger partial charge in [0, 0.05) is 54.8 Å². The molecule has 63 heavy (non-hydrogen) atoms.